The third-order valence-electron chi connectivity index (χ3n) is 3.93. The highest BCUT2D eigenvalue weighted by Gasteiger charge is 2.25. The first-order valence-corrected chi connectivity index (χ1v) is 8.10. The average molecular weight is 366 g/mol. The van der Waals surface area contributed by atoms with E-state index in [1.165, 1.54) is 0 Å². The fourth-order valence-corrected chi connectivity index (χ4v) is 2.76. The minimum atomic E-state index is -0.874. The van der Waals surface area contributed by atoms with Gasteiger partial charge in [0.25, 0.3) is 0 Å². The molecule has 8 nitrogen and oxygen atoms in total. The second kappa shape index (κ2) is 8.54. The van der Waals surface area contributed by atoms with Crippen LogP contribution in [0.5, 0.6) is 0 Å². The third kappa shape index (κ3) is 3.75. The van der Waals surface area contributed by atoms with Gasteiger partial charge < -0.3 is 19.4 Å². The number of rotatable bonds is 6. The number of esters is 2. The Morgan fingerprint density at radius 3 is 2.56 bits per heavy atom. The number of methoxy groups -OCH3 is 1. The highest BCUT2D eigenvalue weighted by Crippen LogP contribution is 2.31. The number of nitrogens with one attached hydrogen (secondary N) is 1. The van der Waals surface area contributed by atoms with Crippen LogP contribution in [0.3, 0.4) is 0 Å². The number of hydrogen-bond acceptors (Lipinski definition) is 7. The molecule has 0 amide bonds. The molecule has 0 aliphatic heterocycles. The van der Waals surface area contributed by atoms with Gasteiger partial charge in [0.2, 0.25) is 0 Å². The van der Waals surface area contributed by atoms with E-state index in [1.54, 1.807) is 36.7 Å². The van der Waals surface area contributed by atoms with E-state index >= 15 is 0 Å². The van der Waals surface area contributed by atoms with E-state index in [2.05, 4.69) is 16.1 Å². The van der Waals surface area contributed by atoms with Gasteiger partial charge in [0.1, 0.15) is 24.4 Å². The molecule has 0 radical (unpaired) electrons. The summed E-state index contributed by atoms with van der Waals surface area (Å²) in [6.45, 7) is 1.58. The summed E-state index contributed by atoms with van der Waals surface area (Å²) in [5, 5.41) is 22.6. The van der Waals surface area contributed by atoms with Crippen LogP contribution < -0.4 is 5.32 Å². The lowest BCUT2D eigenvalue weighted by Crippen LogP contribution is -2.26. The first kappa shape index (κ1) is 19.5. The third-order valence-corrected chi connectivity index (χ3v) is 3.93. The molecule has 0 saturated heterocycles. The fraction of sp³-hybridized carbons (Fsp3) is 0.263. The van der Waals surface area contributed by atoms with E-state index in [9.17, 15) is 20.1 Å². The molecule has 1 N–H and O–H groups in total. The van der Waals surface area contributed by atoms with Crippen molar-refractivity contribution in [1.82, 2.24) is 9.88 Å². The number of nitriles is 2. The predicted molar refractivity (Wildman–Crippen MR) is 96.8 cm³/mol. The molecule has 8 heteroatoms. The van der Waals surface area contributed by atoms with Gasteiger partial charge >= 0.3 is 11.9 Å². The van der Waals surface area contributed by atoms with Gasteiger partial charge in [-0.2, -0.15) is 10.5 Å². The van der Waals surface area contributed by atoms with Crippen molar-refractivity contribution in [2.45, 2.75) is 6.92 Å². The van der Waals surface area contributed by atoms with Crippen molar-refractivity contribution in [1.29, 1.82) is 10.5 Å². The zero-order chi connectivity index (χ0) is 20.0. The molecule has 1 aromatic heterocycles. The summed E-state index contributed by atoms with van der Waals surface area (Å²) in [4.78, 5) is 23.9. The van der Waals surface area contributed by atoms with Crippen LogP contribution in [0.4, 0.5) is 0 Å². The number of carbonyl (C=O) groups is 2. The maximum Gasteiger partial charge on any atom is 0.350 e. The maximum atomic E-state index is 12.1. The number of aryl methyl sites for hydroxylation is 1. The molecule has 138 valence electrons. The van der Waals surface area contributed by atoms with E-state index in [-0.39, 0.29) is 30.1 Å². The minimum Gasteiger partial charge on any atom is -0.465 e. The number of ether oxygens (including phenoxy) is 2. The second-order valence-corrected chi connectivity index (χ2v) is 5.42. The Labute approximate surface area is 156 Å². The molecule has 0 unspecified atom stereocenters. The average Bonchev–Trinajstić information content (AvgIpc) is 2.96. The highest BCUT2D eigenvalue weighted by molar-refractivity contribution is 6.06. The quantitative estimate of drug-likeness (QED) is 0.469. The van der Waals surface area contributed by atoms with Crippen molar-refractivity contribution >= 4 is 28.5 Å². The molecule has 0 fully saturated rings. The molecule has 0 aliphatic carbocycles. The predicted octanol–water partition coefficient (Wildman–Crippen LogP) is 1.61. The van der Waals surface area contributed by atoms with Crippen LogP contribution in [-0.2, 0) is 26.1 Å². The topological polar surface area (TPSA) is 117 Å². The van der Waals surface area contributed by atoms with E-state index < -0.39 is 11.9 Å². The molecule has 2 rings (SSSR count). The molecular formula is C19H18N4O4. The Kier molecular flexibility index (Phi) is 6.18. The zero-order valence-corrected chi connectivity index (χ0v) is 15.2. The second-order valence-electron chi connectivity index (χ2n) is 5.42. The standard InChI is InChI=1S/C19H18N4O4/c1-4-27-16(24)11-22-18(13(9-20)19(25)26-3)17-12-7-5-6-8-14(12)23(2)15(17)10-21/h5-8,22H,4,11H2,1-3H3/b18-13-. The summed E-state index contributed by atoms with van der Waals surface area (Å²) in [7, 11) is 2.86. The molecule has 27 heavy (non-hydrogen) atoms. The van der Waals surface area contributed by atoms with Crippen molar-refractivity contribution < 1.29 is 19.1 Å². The van der Waals surface area contributed by atoms with Gasteiger partial charge in [-0.15, -0.1) is 0 Å². The number of aromatic nitrogens is 1. The van der Waals surface area contributed by atoms with Crippen LogP contribution in [0.15, 0.2) is 29.8 Å². The van der Waals surface area contributed by atoms with Crippen LogP contribution in [-0.4, -0.2) is 36.8 Å². The van der Waals surface area contributed by atoms with Crippen molar-refractivity contribution in [2.75, 3.05) is 20.3 Å². The van der Waals surface area contributed by atoms with Crippen molar-refractivity contribution in [2.24, 2.45) is 7.05 Å². The van der Waals surface area contributed by atoms with Crippen LogP contribution >= 0.6 is 0 Å². The van der Waals surface area contributed by atoms with Gasteiger partial charge in [-0.3, -0.25) is 4.79 Å². The molecule has 1 heterocycles. The van der Waals surface area contributed by atoms with Gasteiger partial charge in [-0.25, -0.2) is 4.79 Å². The number of hydrogen-bond donors (Lipinski definition) is 1. The number of fused-ring (bicyclic) bond motifs is 1. The molecule has 2 aromatic rings. The van der Waals surface area contributed by atoms with Gasteiger partial charge in [-0.05, 0) is 13.0 Å². The lowest BCUT2D eigenvalue weighted by Gasteiger charge is -2.13. The van der Waals surface area contributed by atoms with E-state index in [0.29, 0.717) is 10.9 Å². The monoisotopic (exact) mass is 366 g/mol. The smallest absolute Gasteiger partial charge is 0.350 e. The number of carbonyl (C=O) groups excluding carboxylic acids is 2. The molecule has 0 spiro atoms. The summed E-state index contributed by atoms with van der Waals surface area (Å²) in [6.07, 6.45) is 0. The van der Waals surface area contributed by atoms with Crippen LogP contribution in [0.25, 0.3) is 16.6 Å². The van der Waals surface area contributed by atoms with E-state index in [1.807, 2.05) is 12.1 Å². The maximum absolute atomic E-state index is 12.1. The van der Waals surface area contributed by atoms with E-state index in [0.717, 1.165) is 12.6 Å². The molecular weight excluding hydrogens is 348 g/mol. The summed E-state index contributed by atoms with van der Waals surface area (Å²) >= 11 is 0. The Hall–Kier alpha value is -3.78. The molecule has 0 bridgehead atoms. The Morgan fingerprint density at radius 2 is 1.96 bits per heavy atom. The zero-order valence-electron chi connectivity index (χ0n) is 15.2. The summed E-state index contributed by atoms with van der Waals surface area (Å²) < 4.78 is 11.2. The van der Waals surface area contributed by atoms with Gasteiger partial charge in [0.05, 0.1) is 19.4 Å². The van der Waals surface area contributed by atoms with Crippen LogP contribution in [0, 0.1) is 22.7 Å². The minimum absolute atomic E-state index is 0.0470. The van der Waals surface area contributed by atoms with E-state index in [4.69, 9.17) is 4.74 Å². The normalized spacial score (nSPS) is 11.1. The number of benzene rings is 1. The first-order valence-electron chi connectivity index (χ1n) is 8.10. The Bertz CT molecular complexity index is 1010. The van der Waals surface area contributed by atoms with Crippen molar-refractivity contribution in [3.63, 3.8) is 0 Å². The van der Waals surface area contributed by atoms with Gasteiger partial charge in [0, 0.05) is 23.5 Å². The number of nitrogens with zero attached hydrogens (tertiary/aromatic N) is 3. The van der Waals surface area contributed by atoms with Gasteiger partial charge in [-0.1, -0.05) is 18.2 Å². The largest absolute Gasteiger partial charge is 0.465 e. The van der Waals surface area contributed by atoms with Gasteiger partial charge in [0.15, 0.2) is 5.57 Å². The van der Waals surface area contributed by atoms with Crippen LogP contribution in [0.2, 0.25) is 0 Å². The SMILES string of the molecule is CCOC(=O)CN/C(=C(/C#N)C(=O)OC)c1c(C#N)n(C)c2ccccc12. The lowest BCUT2D eigenvalue weighted by atomic mass is 10.0. The summed E-state index contributed by atoms with van der Waals surface area (Å²) in [6, 6.07) is 11.1. The Morgan fingerprint density at radius 1 is 1.26 bits per heavy atom. The molecule has 0 saturated carbocycles. The summed E-state index contributed by atoms with van der Waals surface area (Å²) in [5.41, 5.74) is 1.03. The molecule has 1 aromatic carbocycles. The fourth-order valence-electron chi connectivity index (χ4n) is 2.76. The van der Waals surface area contributed by atoms with Crippen molar-refractivity contribution in [3.8, 4) is 12.1 Å². The Balaban J connectivity index is 2.76. The molecule has 0 atom stereocenters. The number of para-hydroxylation sites is 1. The first-order chi connectivity index (χ1) is 13.0. The summed E-state index contributed by atoms with van der Waals surface area (Å²) in [5.74, 6) is -1.43. The van der Waals surface area contributed by atoms with Crippen LogP contribution in [0.1, 0.15) is 18.2 Å². The van der Waals surface area contributed by atoms with Crippen molar-refractivity contribution in [3.05, 3.63) is 41.1 Å². The highest BCUT2D eigenvalue weighted by atomic mass is 16.5. The lowest BCUT2D eigenvalue weighted by molar-refractivity contribution is -0.142. The molecule has 0 aliphatic rings.